The first-order chi connectivity index (χ1) is 17.8. The first-order valence-corrected chi connectivity index (χ1v) is 12.4. The van der Waals surface area contributed by atoms with Gasteiger partial charge in [0.15, 0.2) is 0 Å². The number of H-pyrrole nitrogens is 1. The lowest BCUT2D eigenvalue weighted by atomic mass is 9.89. The Balaban J connectivity index is 1.38. The summed E-state index contributed by atoms with van der Waals surface area (Å²) in [5.74, 6) is -0.456. The molecule has 4 N–H and O–H groups in total. The van der Waals surface area contributed by atoms with Gasteiger partial charge in [-0.15, -0.1) is 0 Å². The van der Waals surface area contributed by atoms with E-state index in [1.165, 1.54) is 18.5 Å². The normalized spacial score (nSPS) is 21.6. The maximum atomic E-state index is 14.6. The van der Waals surface area contributed by atoms with Crippen LogP contribution in [0.3, 0.4) is 0 Å². The highest BCUT2D eigenvalue weighted by Gasteiger charge is 2.33. The van der Waals surface area contributed by atoms with Gasteiger partial charge in [0.05, 0.1) is 23.7 Å². The molecule has 37 heavy (non-hydrogen) atoms. The Morgan fingerprint density at radius 2 is 2.00 bits per heavy atom. The smallest absolute Gasteiger partial charge is 0.255 e. The van der Waals surface area contributed by atoms with Crippen LogP contribution in [0.4, 0.5) is 8.78 Å². The number of aryl methyl sites for hydroxylation is 1. The Kier molecular flexibility index (Phi) is 7.05. The summed E-state index contributed by atoms with van der Waals surface area (Å²) < 4.78 is 34.8. The van der Waals surface area contributed by atoms with Gasteiger partial charge < -0.3 is 25.5 Å². The van der Waals surface area contributed by atoms with E-state index in [1.54, 1.807) is 13.0 Å². The molecule has 0 aliphatic heterocycles. The van der Waals surface area contributed by atoms with Crippen molar-refractivity contribution in [1.82, 2.24) is 25.6 Å². The van der Waals surface area contributed by atoms with Crippen LogP contribution in [0.5, 0.6) is 5.75 Å². The molecule has 2 aromatic heterocycles. The molecule has 2 amide bonds. The van der Waals surface area contributed by atoms with Crippen LogP contribution in [0.1, 0.15) is 48.2 Å². The number of hydrogen-bond donors (Lipinski definition) is 4. The fraction of sp³-hybridized carbons (Fsp3) is 0.462. The molecule has 3 aromatic rings. The number of carbonyl (C=O) groups is 2. The summed E-state index contributed by atoms with van der Waals surface area (Å²) in [7, 11) is 0. The number of hydrogen-bond acceptors (Lipinski definition) is 6. The molecule has 9 nitrogen and oxygen atoms in total. The Labute approximate surface area is 212 Å². The summed E-state index contributed by atoms with van der Waals surface area (Å²) in [5.41, 5.74) is 2.59. The summed E-state index contributed by atoms with van der Waals surface area (Å²) in [5, 5.41) is 14.2. The van der Waals surface area contributed by atoms with Gasteiger partial charge in [-0.1, -0.05) is 0 Å². The predicted octanol–water partition coefficient (Wildman–Crippen LogP) is 2.96. The van der Waals surface area contributed by atoms with E-state index in [2.05, 4.69) is 25.6 Å². The van der Waals surface area contributed by atoms with Crippen LogP contribution in [0.25, 0.3) is 22.3 Å². The predicted molar refractivity (Wildman–Crippen MR) is 131 cm³/mol. The molecule has 2 aliphatic carbocycles. The monoisotopic (exact) mass is 513 g/mol. The van der Waals surface area contributed by atoms with E-state index in [4.69, 9.17) is 9.84 Å². The highest BCUT2D eigenvalue weighted by atomic mass is 19.1. The van der Waals surface area contributed by atoms with Gasteiger partial charge in [-0.3, -0.25) is 9.59 Å². The molecule has 0 bridgehead atoms. The molecular formula is C26H29F2N5O4. The average molecular weight is 514 g/mol. The van der Waals surface area contributed by atoms with Crippen molar-refractivity contribution >= 4 is 22.8 Å². The topological polar surface area (TPSA) is 129 Å². The van der Waals surface area contributed by atoms with E-state index in [0.717, 1.165) is 12.8 Å². The number of ether oxygens (including phenoxy) is 1. The maximum absolute atomic E-state index is 14.6. The van der Waals surface area contributed by atoms with Crippen molar-refractivity contribution in [3.05, 3.63) is 41.6 Å². The van der Waals surface area contributed by atoms with Crippen molar-refractivity contribution in [1.29, 1.82) is 0 Å². The molecule has 0 radical (unpaired) electrons. The summed E-state index contributed by atoms with van der Waals surface area (Å²) in [6.07, 6.45) is 3.04. The summed E-state index contributed by atoms with van der Waals surface area (Å²) in [4.78, 5) is 36.5. The molecule has 2 aliphatic rings. The average Bonchev–Trinajstić information content (AvgIpc) is 3.64. The van der Waals surface area contributed by atoms with E-state index in [9.17, 15) is 18.4 Å². The van der Waals surface area contributed by atoms with Crippen LogP contribution in [0.15, 0.2) is 24.5 Å². The van der Waals surface area contributed by atoms with Crippen LogP contribution in [-0.4, -0.2) is 63.3 Å². The number of carbonyl (C=O) groups excluding carboxylic acids is 2. The molecule has 11 heteroatoms. The number of rotatable bonds is 8. The lowest BCUT2D eigenvalue weighted by Gasteiger charge is -2.32. The quantitative estimate of drug-likeness (QED) is 0.367. The van der Waals surface area contributed by atoms with E-state index in [-0.39, 0.29) is 6.42 Å². The molecule has 2 saturated carbocycles. The molecule has 3 atom stereocenters. The third-order valence-corrected chi connectivity index (χ3v) is 6.96. The highest BCUT2D eigenvalue weighted by Crippen LogP contribution is 2.37. The van der Waals surface area contributed by atoms with Crippen molar-refractivity contribution in [3.63, 3.8) is 0 Å². The second kappa shape index (κ2) is 10.4. The van der Waals surface area contributed by atoms with E-state index >= 15 is 0 Å². The zero-order chi connectivity index (χ0) is 26.1. The second-order valence-electron chi connectivity index (χ2n) is 9.80. The maximum Gasteiger partial charge on any atom is 0.255 e. The molecule has 196 valence electrons. The van der Waals surface area contributed by atoms with Crippen molar-refractivity contribution in [2.75, 3.05) is 13.2 Å². The van der Waals surface area contributed by atoms with Crippen molar-refractivity contribution in [2.45, 2.75) is 57.3 Å². The van der Waals surface area contributed by atoms with Gasteiger partial charge in [-0.05, 0) is 56.7 Å². The van der Waals surface area contributed by atoms with Gasteiger partial charge in [0.25, 0.3) is 5.91 Å². The van der Waals surface area contributed by atoms with Gasteiger partial charge in [0, 0.05) is 23.7 Å². The van der Waals surface area contributed by atoms with Crippen molar-refractivity contribution in [2.24, 2.45) is 5.92 Å². The lowest BCUT2D eigenvalue weighted by Crippen LogP contribution is -2.50. The van der Waals surface area contributed by atoms with Gasteiger partial charge >= 0.3 is 0 Å². The minimum absolute atomic E-state index is 0.0364. The number of alkyl halides is 1. The number of nitrogens with zero attached hydrogens (tertiary/aromatic N) is 2. The second-order valence-corrected chi connectivity index (χ2v) is 9.80. The number of aromatic amines is 1. The molecule has 5 rings (SSSR count). The number of halogens is 2. The van der Waals surface area contributed by atoms with Crippen LogP contribution in [0.2, 0.25) is 0 Å². The number of nitrogens with one attached hydrogen (secondary N) is 3. The molecular weight excluding hydrogens is 484 g/mol. The first kappa shape index (κ1) is 25.1. The largest absolute Gasteiger partial charge is 0.493 e. The Morgan fingerprint density at radius 1 is 1.19 bits per heavy atom. The lowest BCUT2D eigenvalue weighted by molar-refractivity contribution is -0.125. The Hall–Kier alpha value is -3.60. The molecule has 1 aromatic carbocycles. The zero-order valence-corrected chi connectivity index (χ0v) is 20.4. The first-order valence-electron chi connectivity index (χ1n) is 12.4. The van der Waals surface area contributed by atoms with Crippen molar-refractivity contribution < 1.29 is 28.2 Å². The fourth-order valence-corrected chi connectivity index (χ4v) is 4.83. The SMILES string of the molecule is Cc1[nH]c2c(-c3cc(F)ccc3OCC3CC3)ncnc2c1C(=O)N[C@H]1CC[C@H](NC(=O)CO)[C@H](F)C1. The van der Waals surface area contributed by atoms with Crippen LogP contribution in [-0.2, 0) is 4.79 Å². The molecule has 0 spiro atoms. The Morgan fingerprint density at radius 3 is 2.73 bits per heavy atom. The van der Waals surface area contributed by atoms with Crippen LogP contribution in [0, 0.1) is 18.7 Å². The third-order valence-electron chi connectivity index (χ3n) is 6.96. The summed E-state index contributed by atoms with van der Waals surface area (Å²) in [6.45, 7) is 1.58. The zero-order valence-electron chi connectivity index (χ0n) is 20.4. The van der Waals surface area contributed by atoms with E-state index < -0.39 is 42.5 Å². The molecule has 2 heterocycles. The molecule has 0 saturated heterocycles. The van der Waals surface area contributed by atoms with Gasteiger partial charge in [0.1, 0.15) is 41.9 Å². The van der Waals surface area contributed by atoms with Gasteiger partial charge in [-0.2, -0.15) is 0 Å². The fourth-order valence-electron chi connectivity index (χ4n) is 4.83. The summed E-state index contributed by atoms with van der Waals surface area (Å²) >= 11 is 0. The highest BCUT2D eigenvalue weighted by molar-refractivity contribution is 6.09. The van der Waals surface area contributed by atoms with E-state index in [0.29, 0.717) is 64.7 Å². The number of aromatic nitrogens is 3. The minimum Gasteiger partial charge on any atom is -0.493 e. The standard InChI is InChI=1S/C26H29F2N5O4/c1-13-22(26(36)32-16-5-6-19(18(28)9-16)33-21(35)10-34)24-25(31-13)23(29-12-30-24)17-8-15(27)4-7-20(17)37-11-14-2-3-14/h4,7-8,12,14,16,18-19,31,34H,2-3,5-6,9-11H2,1H3,(H,32,36)(H,33,35)/t16-,18+,19-/m0/s1. The minimum atomic E-state index is -1.35. The Bertz CT molecular complexity index is 1330. The van der Waals surface area contributed by atoms with Crippen molar-refractivity contribution in [3.8, 4) is 17.0 Å². The van der Waals surface area contributed by atoms with Gasteiger partial charge in [-0.25, -0.2) is 18.7 Å². The number of aliphatic hydroxyl groups excluding tert-OH is 1. The van der Waals surface area contributed by atoms with Crippen LogP contribution >= 0.6 is 0 Å². The van der Waals surface area contributed by atoms with Crippen LogP contribution < -0.4 is 15.4 Å². The molecule has 0 unspecified atom stereocenters. The number of aliphatic hydroxyl groups is 1. The summed E-state index contributed by atoms with van der Waals surface area (Å²) in [6, 6.07) is 3.15. The van der Waals surface area contributed by atoms with Gasteiger partial charge in [0.2, 0.25) is 5.91 Å². The number of benzene rings is 1. The molecule has 2 fully saturated rings. The third kappa shape index (κ3) is 5.41. The number of amides is 2. The number of fused-ring (bicyclic) bond motifs is 1. The van der Waals surface area contributed by atoms with E-state index in [1.807, 2.05) is 0 Å².